The quantitative estimate of drug-likeness (QED) is 0.760. The van der Waals surface area contributed by atoms with Gasteiger partial charge in [-0.05, 0) is 12.5 Å². The molecule has 2 unspecified atom stereocenters. The van der Waals surface area contributed by atoms with Gasteiger partial charge in [0.2, 0.25) is 0 Å². The molecule has 3 nitrogen and oxygen atoms in total. The van der Waals surface area contributed by atoms with Crippen LogP contribution in [0.4, 0.5) is 4.79 Å². The molecule has 0 spiro atoms. The molecule has 0 N–H and O–H groups in total. The summed E-state index contributed by atoms with van der Waals surface area (Å²) in [5.41, 5.74) is 1.09. The minimum atomic E-state index is -0.276. The maximum atomic E-state index is 11.6. The maximum Gasteiger partial charge on any atom is 0.410 e. The van der Waals surface area contributed by atoms with Crippen LogP contribution in [0, 0.1) is 0 Å². The molecule has 86 valence electrons. The van der Waals surface area contributed by atoms with E-state index in [9.17, 15) is 4.79 Å². The molecule has 1 aliphatic rings. The van der Waals surface area contributed by atoms with Gasteiger partial charge in [-0.2, -0.15) is 0 Å². The first-order chi connectivity index (χ1) is 7.74. The summed E-state index contributed by atoms with van der Waals surface area (Å²) < 4.78 is 5.01. The largest absolute Gasteiger partial charge is 0.447 e. The third-order valence-corrected chi connectivity index (χ3v) is 3.24. The smallest absolute Gasteiger partial charge is 0.410 e. The molecule has 2 atom stereocenters. The van der Waals surface area contributed by atoms with Crippen molar-refractivity contribution in [2.75, 3.05) is 12.5 Å². The van der Waals surface area contributed by atoms with E-state index in [1.165, 1.54) is 0 Å². The van der Waals surface area contributed by atoms with Gasteiger partial charge in [0.25, 0.3) is 0 Å². The lowest BCUT2D eigenvalue weighted by Gasteiger charge is -2.27. The van der Waals surface area contributed by atoms with Crippen LogP contribution in [-0.4, -0.2) is 29.5 Å². The number of carbonyl (C=O) groups excluding carboxylic acids is 1. The van der Waals surface area contributed by atoms with Crippen molar-refractivity contribution in [2.45, 2.75) is 19.0 Å². The summed E-state index contributed by atoms with van der Waals surface area (Å²) in [4.78, 5) is 13.3. The first-order valence-corrected chi connectivity index (χ1v) is 5.83. The Morgan fingerprint density at radius 3 is 2.81 bits per heavy atom. The van der Waals surface area contributed by atoms with Gasteiger partial charge in [0.1, 0.15) is 6.61 Å². The Bertz CT molecular complexity index is 369. The van der Waals surface area contributed by atoms with Gasteiger partial charge >= 0.3 is 6.09 Å². The molecular weight excluding hydrogens is 226 g/mol. The topological polar surface area (TPSA) is 29.5 Å². The Balaban J connectivity index is 2.20. The Morgan fingerprint density at radius 2 is 2.19 bits per heavy atom. The fourth-order valence-electron chi connectivity index (χ4n) is 1.96. The molecule has 1 aromatic carbocycles. The van der Waals surface area contributed by atoms with Crippen LogP contribution < -0.4 is 0 Å². The number of amides is 1. The molecule has 1 aromatic rings. The number of hydrogen-bond acceptors (Lipinski definition) is 2. The predicted molar refractivity (Wildman–Crippen MR) is 62.6 cm³/mol. The lowest BCUT2D eigenvalue weighted by Crippen LogP contribution is -2.36. The van der Waals surface area contributed by atoms with Crippen molar-refractivity contribution in [2.24, 2.45) is 0 Å². The summed E-state index contributed by atoms with van der Waals surface area (Å²) in [5, 5.41) is 0. The van der Waals surface area contributed by atoms with E-state index in [-0.39, 0.29) is 18.2 Å². The van der Waals surface area contributed by atoms with Crippen LogP contribution >= 0.6 is 11.6 Å². The Morgan fingerprint density at radius 1 is 1.50 bits per heavy atom. The molecule has 0 aliphatic carbocycles. The molecule has 1 saturated heterocycles. The number of nitrogens with zero attached hydrogens (tertiary/aromatic N) is 1. The first kappa shape index (κ1) is 11.3. The van der Waals surface area contributed by atoms with E-state index in [0.717, 1.165) is 5.56 Å². The number of halogens is 1. The van der Waals surface area contributed by atoms with E-state index < -0.39 is 0 Å². The molecule has 0 aromatic heterocycles. The summed E-state index contributed by atoms with van der Waals surface area (Å²) >= 11 is 5.83. The van der Waals surface area contributed by atoms with Crippen LogP contribution in [0.1, 0.15) is 18.5 Å². The predicted octanol–water partition coefficient (Wildman–Crippen LogP) is 2.81. The van der Waals surface area contributed by atoms with Gasteiger partial charge in [0.05, 0.1) is 12.1 Å². The molecule has 4 heteroatoms. The molecule has 1 fully saturated rings. The number of carbonyl (C=O) groups is 1. The molecule has 2 rings (SSSR count). The highest BCUT2D eigenvalue weighted by Crippen LogP contribution is 2.27. The minimum Gasteiger partial charge on any atom is -0.447 e. The highest BCUT2D eigenvalue weighted by molar-refractivity contribution is 6.18. The summed E-state index contributed by atoms with van der Waals surface area (Å²) in [6.07, 6.45) is -0.276. The maximum absolute atomic E-state index is 11.6. The summed E-state index contributed by atoms with van der Waals surface area (Å²) in [7, 11) is 0. The monoisotopic (exact) mass is 239 g/mol. The van der Waals surface area contributed by atoms with Crippen LogP contribution in [0.25, 0.3) is 0 Å². The van der Waals surface area contributed by atoms with Gasteiger partial charge in [-0.1, -0.05) is 30.3 Å². The number of hydrogen-bond donors (Lipinski definition) is 0. The van der Waals surface area contributed by atoms with Crippen LogP contribution in [0.2, 0.25) is 0 Å². The second-order valence-corrected chi connectivity index (χ2v) is 4.19. The molecule has 1 amide bonds. The van der Waals surface area contributed by atoms with Crippen LogP contribution in [0.5, 0.6) is 0 Å². The second kappa shape index (κ2) is 4.74. The summed E-state index contributed by atoms with van der Waals surface area (Å²) in [6.45, 7) is 2.38. The van der Waals surface area contributed by atoms with Crippen molar-refractivity contribution in [3.05, 3.63) is 35.9 Å². The van der Waals surface area contributed by atoms with E-state index >= 15 is 0 Å². The fourth-order valence-corrected chi connectivity index (χ4v) is 2.19. The second-order valence-electron chi connectivity index (χ2n) is 3.88. The van der Waals surface area contributed by atoms with E-state index in [4.69, 9.17) is 16.3 Å². The van der Waals surface area contributed by atoms with E-state index in [2.05, 4.69) is 0 Å². The third kappa shape index (κ3) is 2.00. The highest BCUT2D eigenvalue weighted by Gasteiger charge is 2.36. The van der Waals surface area contributed by atoms with Crippen LogP contribution in [0.15, 0.2) is 30.3 Å². The van der Waals surface area contributed by atoms with Crippen LogP contribution in [0.3, 0.4) is 0 Å². The van der Waals surface area contributed by atoms with E-state index in [1.807, 2.05) is 37.3 Å². The number of cyclic esters (lactones) is 1. The standard InChI is InChI=1S/C12H14ClNO2/c1-9(10-5-3-2-4-6-10)14-11(7-13)8-16-12(14)15/h2-6,9,11H,7-8H2,1H3. The zero-order valence-corrected chi connectivity index (χ0v) is 9.85. The molecular formula is C12H14ClNO2. The van der Waals surface area contributed by atoms with E-state index in [1.54, 1.807) is 4.90 Å². The Hall–Kier alpha value is -1.22. The number of rotatable bonds is 3. The van der Waals surface area contributed by atoms with Crippen molar-refractivity contribution in [1.82, 2.24) is 4.90 Å². The summed E-state index contributed by atoms with van der Waals surface area (Å²) in [6, 6.07) is 9.86. The Kier molecular flexibility index (Phi) is 3.34. The minimum absolute atomic E-state index is 0.0000463. The van der Waals surface area contributed by atoms with Crippen molar-refractivity contribution in [1.29, 1.82) is 0 Å². The first-order valence-electron chi connectivity index (χ1n) is 5.30. The summed E-state index contributed by atoms with van der Waals surface area (Å²) in [5.74, 6) is 0.406. The molecule has 0 saturated carbocycles. The third-order valence-electron chi connectivity index (χ3n) is 2.88. The fraction of sp³-hybridized carbons (Fsp3) is 0.417. The van der Waals surface area contributed by atoms with Crippen molar-refractivity contribution in [3.63, 3.8) is 0 Å². The normalized spacial score (nSPS) is 22.0. The number of benzene rings is 1. The van der Waals surface area contributed by atoms with Gasteiger partial charge in [-0.3, -0.25) is 4.90 Å². The van der Waals surface area contributed by atoms with Crippen molar-refractivity contribution < 1.29 is 9.53 Å². The van der Waals surface area contributed by atoms with E-state index in [0.29, 0.717) is 12.5 Å². The number of ether oxygens (including phenoxy) is 1. The highest BCUT2D eigenvalue weighted by atomic mass is 35.5. The average Bonchev–Trinajstić information content (AvgIpc) is 2.70. The molecule has 0 bridgehead atoms. The van der Waals surface area contributed by atoms with Gasteiger partial charge in [-0.25, -0.2) is 4.79 Å². The van der Waals surface area contributed by atoms with Crippen LogP contribution in [-0.2, 0) is 4.74 Å². The molecule has 1 aliphatic heterocycles. The van der Waals surface area contributed by atoms with Gasteiger partial charge in [0.15, 0.2) is 0 Å². The van der Waals surface area contributed by atoms with Gasteiger partial charge in [-0.15, -0.1) is 11.6 Å². The zero-order chi connectivity index (χ0) is 11.5. The zero-order valence-electron chi connectivity index (χ0n) is 9.10. The number of alkyl halides is 1. The van der Waals surface area contributed by atoms with Gasteiger partial charge in [0, 0.05) is 5.88 Å². The lowest BCUT2D eigenvalue weighted by molar-refractivity contribution is 0.148. The SMILES string of the molecule is CC(c1ccccc1)N1C(=O)OCC1CCl. The van der Waals surface area contributed by atoms with Crippen molar-refractivity contribution >= 4 is 17.7 Å². The van der Waals surface area contributed by atoms with Crippen molar-refractivity contribution in [3.8, 4) is 0 Å². The lowest BCUT2D eigenvalue weighted by atomic mass is 10.1. The Labute approximate surface area is 100.0 Å². The average molecular weight is 240 g/mol. The molecule has 0 radical (unpaired) electrons. The molecule has 16 heavy (non-hydrogen) atoms. The van der Waals surface area contributed by atoms with Gasteiger partial charge < -0.3 is 4.74 Å². The molecule has 1 heterocycles.